The summed E-state index contributed by atoms with van der Waals surface area (Å²) in [5.74, 6) is -0.265. The number of aliphatic carboxylic acids is 1. The van der Waals surface area contributed by atoms with E-state index in [2.05, 4.69) is 29.2 Å². The Morgan fingerprint density at radius 1 is 1.06 bits per heavy atom. The zero-order valence-electron chi connectivity index (χ0n) is 19.4. The van der Waals surface area contributed by atoms with Gasteiger partial charge in [0.2, 0.25) is 0 Å². The molecule has 1 heterocycles. The number of aryl methyl sites for hydroxylation is 1. The molecule has 0 radical (unpaired) electrons. The minimum atomic E-state index is -0.901. The van der Waals surface area contributed by atoms with Crippen molar-refractivity contribution in [2.45, 2.75) is 32.4 Å². The molecule has 3 aromatic carbocycles. The van der Waals surface area contributed by atoms with Crippen molar-refractivity contribution in [2.24, 2.45) is 0 Å². The van der Waals surface area contributed by atoms with Gasteiger partial charge in [0.15, 0.2) is 0 Å². The predicted molar refractivity (Wildman–Crippen MR) is 140 cm³/mol. The molecule has 0 bridgehead atoms. The highest BCUT2D eigenvalue weighted by Gasteiger charge is 2.25. The molecule has 0 spiro atoms. The van der Waals surface area contributed by atoms with Crippen LogP contribution in [0, 0.1) is 12.1 Å². The van der Waals surface area contributed by atoms with Crippen molar-refractivity contribution in [1.82, 2.24) is 5.06 Å². The number of hydrogen-bond acceptors (Lipinski definition) is 5. The van der Waals surface area contributed by atoms with Gasteiger partial charge in [-0.1, -0.05) is 59.1 Å². The second-order valence-corrected chi connectivity index (χ2v) is 9.66. The minimum absolute atomic E-state index is 0.0870. The maximum atomic E-state index is 12.3. The standard InChI is InChI=1S/C27H27Cl2N2O4/c1-18-2-7-23(8-3-18)31-11-10-30(34)16-24(31)14-21-12-19(13-27(32)33)4-9-26(21)35-17-20-5-6-22(28)15-25(20)29/h2-9,12,15,24H,10-11,13-14,16-17H2,1H3,(H,32,33)/q-1. The zero-order valence-corrected chi connectivity index (χ0v) is 20.9. The van der Waals surface area contributed by atoms with E-state index in [9.17, 15) is 15.1 Å². The van der Waals surface area contributed by atoms with Gasteiger partial charge in [0, 0.05) is 47.0 Å². The Bertz CT molecular complexity index is 1190. The van der Waals surface area contributed by atoms with Crippen LogP contribution in [0.4, 0.5) is 5.69 Å². The molecule has 6 nitrogen and oxygen atoms in total. The van der Waals surface area contributed by atoms with Crippen LogP contribution in [-0.2, 0) is 24.2 Å². The van der Waals surface area contributed by atoms with E-state index in [1.54, 1.807) is 24.3 Å². The van der Waals surface area contributed by atoms with Gasteiger partial charge in [-0.3, -0.25) is 4.79 Å². The normalized spacial score (nSPS) is 16.3. The number of hydrogen-bond donors (Lipinski definition) is 1. The summed E-state index contributed by atoms with van der Waals surface area (Å²) >= 11 is 12.3. The number of carboxylic acid groups (broad SMARTS) is 1. The predicted octanol–water partition coefficient (Wildman–Crippen LogP) is 5.74. The average Bonchev–Trinajstić information content (AvgIpc) is 2.80. The van der Waals surface area contributed by atoms with E-state index in [4.69, 9.17) is 27.9 Å². The van der Waals surface area contributed by atoms with E-state index in [0.717, 1.165) is 21.9 Å². The molecule has 1 fully saturated rings. The van der Waals surface area contributed by atoms with Gasteiger partial charge in [-0.2, -0.15) is 0 Å². The first kappa shape index (κ1) is 25.3. The number of carbonyl (C=O) groups is 1. The zero-order chi connectivity index (χ0) is 24.9. The SMILES string of the molecule is Cc1ccc(N2CCN([O-])CC2Cc2cc(CC(=O)O)ccc2OCc2ccc(Cl)cc2Cl)cc1. The highest BCUT2D eigenvalue weighted by molar-refractivity contribution is 6.35. The highest BCUT2D eigenvalue weighted by Crippen LogP contribution is 2.29. The Kier molecular flexibility index (Phi) is 8.19. The summed E-state index contributed by atoms with van der Waals surface area (Å²) in [7, 11) is 0. The fourth-order valence-electron chi connectivity index (χ4n) is 4.34. The summed E-state index contributed by atoms with van der Waals surface area (Å²) in [4.78, 5) is 13.6. The molecule has 0 aliphatic carbocycles. The minimum Gasteiger partial charge on any atom is -0.785 e. The van der Waals surface area contributed by atoms with E-state index in [-0.39, 0.29) is 19.1 Å². The fourth-order valence-corrected chi connectivity index (χ4v) is 4.81. The number of carboxylic acids is 1. The molecular weight excluding hydrogens is 487 g/mol. The Morgan fingerprint density at radius 2 is 1.83 bits per heavy atom. The molecule has 1 unspecified atom stereocenters. The summed E-state index contributed by atoms with van der Waals surface area (Å²) in [6.45, 7) is 3.67. The van der Waals surface area contributed by atoms with Crippen LogP contribution in [0.2, 0.25) is 10.0 Å². The van der Waals surface area contributed by atoms with Crippen LogP contribution >= 0.6 is 23.2 Å². The molecular formula is C27H27Cl2N2O4-. The molecule has 3 aromatic rings. The number of anilines is 1. The van der Waals surface area contributed by atoms with Gasteiger partial charge in [-0.15, -0.1) is 0 Å². The summed E-state index contributed by atoms with van der Waals surface area (Å²) in [6.07, 6.45) is 0.445. The second kappa shape index (κ2) is 11.3. The van der Waals surface area contributed by atoms with E-state index < -0.39 is 5.97 Å². The molecule has 1 N–H and O–H groups in total. The summed E-state index contributed by atoms with van der Waals surface area (Å²) < 4.78 is 6.14. The number of halogens is 2. The number of rotatable bonds is 8. The van der Waals surface area contributed by atoms with Crippen molar-refractivity contribution in [1.29, 1.82) is 0 Å². The monoisotopic (exact) mass is 513 g/mol. The molecule has 184 valence electrons. The van der Waals surface area contributed by atoms with Crippen molar-refractivity contribution in [3.63, 3.8) is 0 Å². The quantitative estimate of drug-likeness (QED) is 0.413. The largest absolute Gasteiger partial charge is 0.785 e. The third kappa shape index (κ3) is 6.67. The first-order valence-corrected chi connectivity index (χ1v) is 12.2. The van der Waals surface area contributed by atoms with Gasteiger partial charge < -0.3 is 25.0 Å². The Balaban J connectivity index is 1.61. The molecule has 0 amide bonds. The number of benzene rings is 3. The Morgan fingerprint density at radius 3 is 2.54 bits per heavy atom. The number of hydroxylamine groups is 2. The van der Waals surface area contributed by atoms with Crippen molar-refractivity contribution in [2.75, 3.05) is 24.5 Å². The van der Waals surface area contributed by atoms with E-state index in [1.807, 2.05) is 19.1 Å². The van der Waals surface area contributed by atoms with Gasteiger partial charge in [0.05, 0.1) is 6.42 Å². The van der Waals surface area contributed by atoms with E-state index >= 15 is 0 Å². The maximum absolute atomic E-state index is 12.3. The van der Waals surface area contributed by atoms with E-state index in [1.165, 1.54) is 5.56 Å². The summed E-state index contributed by atoms with van der Waals surface area (Å²) in [5, 5.41) is 23.8. The summed E-state index contributed by atoms with van der Waals surface area (Å²) in [6, 6.07) is 18.8. The van der Waals surface area contributed by atoms with Gasteiger partial charge in [-0.25, -0.2) is 0 Å². The third-order valence-electron chi connectivity index (χ3n) is 6.15. The van der Waals surface area contributed by atoms with Crippen LogP contribution < -0.4 is 9.64 Å². The van der Waals surface area contributed by atoms with Crippen molar-refractivity contribution < 1.29 is 14.6 Å². The highest BCUT2D eigenvalue weighted by atomic mass is 35.5. The van der Waals surface area contributed by atoms with Crippen LogP contribution in [0.5, 0.6) is 5.75 Å². The molecule has 35 heavy (non-hydrogen) atoms. The van der Waals surface area contributed by atoms with Crippen molar-refractivity contribution in [3.05, 3.63) is 98.2 Å². The first-order chi connectivity index (χ1) is 16.8. The first-order valence-electron chi connectivity index (χ1n) is 11.4. The second-order valence-electron chi connectivity index (χ2n) is 8.81. The molecule has 1 aliphatic heterocycles. The van der Waals surface area contributed by atoms with E-state index in [0.29, 0.717) is 47.4 Å². The number of nitrogens with zero attached hydrogens (tertiary/aromatic N) is 2. The van der Waals surface area contributed by atoms with Crippen molar-refractivity contribution in [3.8, 4) is 5.75 Å². The van der Waals surface area contributed by atoms with Crippen LogP contribution in [0.3, 0.4) is 0 Å². The van der Waals surface area contributed by atoms with Crippen molar-refractivity contribution >= 4 is 34.9 Å². The molecule has 4 rings (SSSR count). The molecule has 1 aliphatic rings. The van der Waals surface area contributed by atoms with Gasteiger partial charge in [0.25, 0.3) is 0 Å². The molecule has 1 saturated heterocycles. The van der Waals surface area contributed by atoms with Crippen LogP contribution in [0.1, 0.15) is 22.3 Å². The third-order valence-corrected chi connectivity index (χ3v) is 6.73. The Labute approximate surface area is 215 Å². The smallest absolute Gasteiger partial charge is 0.307 e. The molecule has 1 atom stereocenters. The van der Waals surface area contributed by atoms with Gasteiger partial charge in [-0.05, 0) is 54.8 Å². The Hall–Kier alpha value is -2.77. The number of ether oxygens (including phenoxy) is 1. The molecule has 8 heteroatoms. The molecule has 0 saturated carbocycles. The van der Waals surface area contributed by atoms with Gasteiger partial charge in [0.1, 0.15) is 12.4 Å². The number of piperazine rings is 1. The van der Waals surface area contributed by atoms with Crippen LogP contribution in [0.15, 0.2) is 60.7 Å². The van der Waals surface area contributed by atoms with Crippen LogP contribution in [0.25, 0.3) is 0 Å². The van der Waals surface area contributed by atoms with Gasteiger partial charge >= 0.3 is 5.97 Å². The lowest BCUT2D eigenvalue weighted by atomic mass is 9.98. The molecule has 0 aromatic heterocycles. The lowest BCUT2D eigenvalue weighted by Gasteiger charge is -2.46. The van der Waals surface area contributed by atoms with Crippen LogP contribution in [-0.4, -0.2) is 41.8 Å². The lowest BCUT2D eigenvalue weighted by Crippen LogP contribution is -2.52. The topological polar surface area (TPSA) is 76.1 Å². The maximum Gasteiger partial charge on any atom is 0.307 e. The fraction of sp³-hybridized carbons (Fsp3) is 0.296. The summed E-state index contributed by atoms with van der Waals surface area (Å²) in [5.41, 5.74) is 4.56. The average molecular weight is 514 g/mol. The lowest BCUT2D eigenvalue weighted by molar-refractivity contribution is -0.136.